The minimum absolute atomic E-state index is 0.212. The van der Waals surface area contributed by atoms with Crippen molar-refractivity contribution in [3.63, 3.8) is 0 Å². The molecule has 0 radical (unpaired) electrons. The van der Waals surface area contributed by atoms with Gasteiger partial charge in [-0.1, -0.05) is 13.0 Å². The zero-order valence-electron chi connectivity index (χ0n) is 19.3. The number of aliphatic imine (C=N–C) groups is 1. The van der Waals surface area contributed by atoms with Crippen LogP contribution in [0.5, 0.6) is 0 Å². The number of piperidine rings is 2. The number of carbonyl (C=O) groups is 1. The zero-order valence-corrected chi connectivity index (χ0v) is 19.3. The van der Waals surface area contributed by atoms with Gasteiger partial charge in [-0.25, -0.2) is 14.8 Å². The van der Waals surface area contributed by atoms with Crippen molar-refractivity contribution in [1.82, 2.24) is 20.5 Å². The number of carbonyl (C=O) groups excluding carboxylic acids is 1. The van der Waals surface area contributed by atoms with Crippen LogP contribution in [-0.4, -0.2) is 67.3 Å². The summed E-state index contributed by atoms with van der Waals surface area (Å²) in [6.07, 6.45) is 5.98. The number of nitrogens with zero attached hydrogens (tertiary/aromatic N) is 4. The van der Waals surface area contributed by atoms with Crippen LogP contribution in [0.3, 0.4) is 0 Å². The number of nitrogens with one attached hydrogen (secondary N) is 2. The van der Waals surface area contributed by atoms with Crippen LogP contribution in [-0.2, 0) is 11.3 Å². The standard InChI is InChI=1S/C23H38N6O2/c1-4-24-22(27-20-10-14-29(15-11-20)23(30)31-5-2)26-17-19-6-7-21(25-16-19)28-12-8-18(3)9-13-28/h6-7,16,18,20H,4-5,8-15,17H2,1-3H3,(H2,24,26,27). The lowest BCUT2D eigenvalue weighted by atomic mass is 9.99. The molecule has 172 valence electrons. The Hall–Kier alpha value is -2.51. The molecule has 3 rings (SSSR count). The molecule has 0 aromatic carbocycles. The van der Waals surface area contributed by atoms with Crippen LogP contribution in [0.1, 0.15) is 52.0 Å². The summed E-state index contributed by atoms with van der Waals surface area (Å²) in [5.74, 6) is 2.70. The van der Waals surface area contributed by atoms with Crippen LogP contribution >= 0.6 is 0 Å². The van der Waals surface area contributed by atoms with E-state index < -0.39 is 0 Å². The highest BCUT2D eigenvalue weighted by Gasteiger charge is 2.24. The summed E-state index contributed by atoms with van der Waals surface area (Å²) in [6, 6.07) is 4.54. The molecule has 0 unspecified atom stereocenters. The Balaban J connectivity index is 1.50. The second-order valence-corrected chi connectivity index (χ2v) is 8.49. The number of hydrogen-bond donors (Lipinski definition) is 2. The van der Waals surface area contributed by atoms with Gasteiger partial charge in [0.2, 0.25) is 0 Å². The molecule has 2 fully saturated rings. The lowest BCUT2D eigenvalue weighted by molar-refractivity contribution is 0.0963. The Bertz CT molecular complexity index is 707. The zero-order chi connectivity index (χ0) is 22.1. The van der Waals surface area contributed by atoms with E-state index in [4.69, 9.17) is 9.73 Å². The smallest absolute Gasteiger partial charge is 0.409 e. The molecule has 2 N–H and O–H groups in total. The number of amides is 1. The normalized spacial score (nSPS) is 18.7. The second kappa shape index (κ2) is 11.8. The van der Waals surface area contributed by atoms with Crippen molar-refractivity contribution in [3.05, 3.63) is 23.9 Å². The van der Waals surface area contributed by atoms with Gasteiger partial charge in [0.25, 0.3) is 0 Å². The SMILES string of the molecule is CCNC(=NCc1ccc(N2CCC(C)CC2)nc1)NC1CCN(C(=O)OCC)CC1. The van der Waals surface area contributed by atoms with Gasteiger partial charge in [0, 0.05) is 45.0 Å². The summed E-state index contributed by atoms with van der Waals surface area (Å²) < 4.78 is 5.10. The number of pyridine rings is 1. The van der Waals surface area contributed by atoms with Crippen LogP contribution in [0.4, 0.5) is 10.6 Å². The Kier molecular flexibility index (Phi) is 8.79. The van der Waals surface area contributed by atoms with Gasteiger partial charge in [-0.05, 0) is 57.1 Å². The molecule has 0 spiro atoms. The fourth-order valence-electron chi connectivity index (χ4n) is 4.04. The molecule has 1 aromatic rings. The molecular formula is C23H38N6O2. The molecule has 3 heterocycles. The molecule has 8 nitrogen and oxygen atoms in total. The lowest BCUT2D eigenvalue weighted by Crippen LogP contribution is -2.49. The molecule has 2 aliphatic heterocycles. The fourth-order valence-corrected chi connectivity index (χ4v) is 4.04. The van der Waals surface area contributed by atoms with Gasteiger partial charge in [0.1, 0.15) is 5.82 Å². The van der Waals surface area contributed by atoms with E-state index in [1.165, 1.54) is 12.8 Å². The first-order valence-electron chi connectivity index (χ1n) is 11.8. The number of aromatic nitrogens is 1. The maximum absolute atomic E-state index is 11.9. The topological polar surface area (TPSA) is 82.1 Å². The highest BCUT2D eigenvalue weighted by atomic mass is 16.6. The van der Waals surface area contributed by atoms with Gasteiger partial charge in [0.05, 0.1) is 13.2 Å². The second-order valence-electron chi connectivity index (χ2n) is 8.49. The molecule has 31 heavy (non-hydrogen) atoms. The molecule has 1 aromatic heterocycles. The Labute approximate surface area is 186 Å². The fraction of sp³-hybridized carbons (Fsp3) is 0.696. The first kappa shape index (κ1) is 23.2. The van der Waals surface area contributed by atoms with Crippen LogP contribution in [0.15, 0.2) is 23.3 Å². The lowest BCUT2D eigenvalue weighted by Gasteiger charge is -2.32. The van der Waals surface area contributed by atoms with E-state index >= 15 is 0 Å². The molecule has 0 aliphatic carbocycles. The molecular weight excluding hydrogens is 392 g/mol. The third kappa shape index (κ3) is 7.01. The van der Waals surface area contributed by atoms with Crippen molar-refractivity contribution in [1.29, 1.82) is 0 Å². The quantitative estimate of drug-likeness (QED) is 0.533. The summed E-state index contributed by atoms with van der Waals surface area (Å²) >= 11 is 0. The van der Waals surface area contributed by atoms with Gasteiger partial charge in [-0.15, -0.1) is 0 Å². The van der Waals surface area contributed by atoms with Crippen LogP contribution in [0, 0.1) is 5.92 Å². The van der Waals surface area contributed by atoms with Gasteiger partial charge in [-0.3, -0.25) is 0 Å². The first-order valence-corrected chi connectivity index (χ1v) is 11.8. The van der Waals surface area contributed by atoms with Gasteiger partial charge in [0.15, 0.2) is 5.96 Å². The van der Waals surface area contributed by atoms with Crippen molar-refractivity contribution < 1.29 is 9.53 Å². The minimum atomic E-state index is -0.212. The number of anilines is 1. The number of likely N-dealkylation sites (tertiary alicyclic amines) is 1. The van der Waals surface area contributed by atoms with Crippen LogP contribution in [0.2, 0.25) is 0 Å². The maximum atomic E-state index is 11.9. The summed E-state index contributed by atoms with van der Waals surface area (Å²) in [6.45, 7) is 11.6. The van der Waals surface area contributed by atoms with Crippen LogP contribution in [0.25, 0.3) is 0 Å². The first-order chi connectivity index (χ1) is 15.1. The van der Waals surface area contributed by atoms with Crippen molar-refractivity contribution in [2.75, 3.05) is 44.2 Å². The summed E-state index contributed by atoms with van der Waals surface area (Å²) in [5.41, 5.74) is 1.10. The molecule has 2 aliphatic rings. The average Bonchev–Trinajstić information content (AvgIpc) is 2.79. The average molecular weight is 431 g/mol. The summed E-state index contributed by atoms with van der Waals surface area (Å²) in [7, 11) is 0. The number of hydrogen-bond acceptors (Lipinski definition) is 5. The minimum Gasteiger partial charge on any atom is -0.450 e. The largest absolute Gasteiger partial charge is 0.450 e. The van der Waals surface area contributed by atoms with Crippen molar-refractivity contribution in [2.45, 2.75) is 59.0 Å². The van der Waals surface area contributed by atoms with E-state index in [1.807, 2.05) is 13.1 Å². The van der Waals surface area contributed by atoms with Crippen molar-refractivity contribution >= 4 is 17.9 Å². The molecule has 2 saturated heterocycles. The van der Waals surface area contributed by atoms with E-state index in [-0.39, 0.29) is 6.09 Å². The molecule has 0 saturated carbocycles. The van der Waals surface area contributed by atoms with E-state index in [0.717, 1.165) is 55.7 Å². The van der Waals surface area contributed by atoms with Gasteiger partial charge >= 0.3 is 6.09 Å². The Morgan fingerprint density at radius 2 is 1.90 bits per heavy atom. The predicted octanol–water partition coefficient (Wildman–Crippen LogP) is 2.99. The van der Waals surface area contributed by atoms with Crippen molar-refractivity contribution in [3.8, 4) is 0 Å². The Morgan fingerprint density at radius 3 is 2.52 bits per heavy atom. The van der Waals surface area contributed by atoms with E-state index in [0.29, 0.717) is 32.3 Å². The number of rotatable bonds is 6. The molecule has 0 atom stereocenters. The predicted molar refractivity (Wildman–Crippen MR) is 124 cm³/mol. The summed E-state index contributed by atoms with van der Waals surface area (Å²) in [4.78, 5) is 25.4. The molecule has 8 heteroatoms. The van der Waals surface area contributed by atoms with Crippen LogP contribution < -0.4 is 15.5 Å². The number of guanidine groups is 1. The van der Waals surface area contributed by atoms with Crippen molar-refractivity contribution in [2.24, 2.45) is 10.9 Å². The highest BCUT2D eigenvalue weighted by Crippen LogP contribution is 2.21. The summed E-state index contributed by atoms with van der Waals surface area (Å²) in [5, 5.41) is 6.84. The maximum Gasteiger partial charge on any atom is 0.409 e. The van der Waals surface area contributed by atoms with E-state index in [2.05, 4.69) is 46.5 Å². The highest BCUT2D eigenvalue weighted by molar-refractivity contribution is 5.80. The number of ether oxygens (including phenoxy) is 1. The van der Waals surface area contributed by atoms with Gasteiger partial charge < -0.3 is 25.2 Å². The molecule has 0 bridgehead atoms. The molecule has 1 amide bonds. The third-order valence-corrected chi connectivity index (χ3v) is 6.04. The van der Waals surface area contributed by atoms with Gasteiger partial charge in [-0.2, -0.15) is 0 Å². The van der Waals surface area contributed by atoms with E-state index in [9.17, 15) is 4.79 Å². The van der Waals surface area contributed by atoms with E-state index in [1.54, 1.807) is 4.90 Å². The monoisotopic (exact) mass is 430 g/mol. The Morgan fingerprint density at radius 1 is 1.16 bits per heavy atom. The third-order valence-electron chi connectivity index (χ3n) is 6.04.